The van der Waals surface area contributed by atoms with Gasteiger partial charge in [0, 0.05) is 35.6 Å². The average molecular weight is 733 g/mol. The molecule has 0 spiro atoms. The Hall–Kier alpha value is -5.21. The fourth-order valence-corrected chi connectivity index (χ4v) is 7.62. The normalized spacial score (nSPS) is 22.1. The number of benzene rings is 3. The molecule has 0 aliphatic carbocycles. The van der Waals surface area contributed by atoms with Gasteiger partial charge in [0.15, 0.2) is 5.60 Å². The minimum absolute atomic E-state index is 0.0629. The number of rotatable bonds is 14. The molecule has 2 saturated heterocycles. The lowest BCUT2D eigenvalue weighted by Crippen LogP contribution is -2.44. The number of aliphatic hydroxyl groups is 2. The second-order valence-corrected chi connectivity index (χ2v) is 14.4. The van der Waals surface area contributed by atoms with E-state index in [1.54, 1.807) is 27.8 Å². The number of nitrogens with zero attached hydrogens (tertiary/aromatic N) is 4. The molecule has 0 bridgehead atoms. The van der Waals surface area contributed by atoms with Crippen molar-refractivity contribution in [2.75, 3.05) is 35.2 Å². The maximum atomic E-state index is 14.3. The van der Waals surface area contributed by atoms with Crippen LogP contribution in [0.1, 0.15) is 67.3 Å². The summed E-state index contributed by atoms with van der Waals surface area (Å²) in [4.78, 5) is 41.5. The second-order valence-electron chi connectivity index (χ2n) is 14.4. The summed E-state index contributed by atoms with van der Waals surface area (Å²) in [6.07, 6.45) is 9.61. The molecule has 1 aromatic heterocycles. The first-order valence-electron chi connectivity index (χ1n) is 18.8. The van der Waals surface area contributed by atoms with Gasteiger partial charge < -0.3 is 36.4 Å². The molecule has 54 heavy (non-hydrogen) atoms. The summed E-state index contributed by atoms with van der Waals surface area (Å²) in [5, 5.41) is 43.3. The molecule has 7 rings (SSSR count). The molecule has 0 saturated carbocycles. The van der Waals surface area contributed by atoms with Crippen molar-refractivity contribution in [3.8, 4) is 0 Å². The van der Waals surface area contributed by atoms with Crippen LogP contribution in [0.3, 0.4) is 0 Å². The third-order valence-corrected chi connectivity index (χ3v) is 10.8. The summed E-state index contributed by atoms with van der Waals surface area (Å²) in [5.74, 6) is -1.57. The molecule has 6 N–H and O–H groups in total. The zero-order valence-corrected chi connectivity index (χ0v) is 30.4. The van der Waals surface area contributed by atoms with Crippen LogP contribution in [-0.4, -0.2) is 74.7 Å². The second kappa shape index (κ2) is 16.4. The highest BCUT2D eigenvalue weighted by molar-refractivity contribution is 6.08. The number of allylic oxidation sites excluding steroid dienone is 1. The van der Waals surface area contributed by atoms with Crippen LogP contribution in [0.5, 0.6) is 0 Å². The van der Waals surface area contributed by atoms with Gasteiger partial charge in [-0.2, -0.15) is 0 Å². The predicted octanol–water partition coefficient (Wildman–Crippen LogP) is 3.80. The summed E-state index contributed by atoms with van der Waals surface area (Å²) in [7, 11) is 0. The van der Waals surface area contributed by atoms with Crippen LogP contribution in [0.25, 0.3) is 0 Å². The average Bonchev–Trinajstić information content (AvgIpc) is 4.03. The van der Waals surface area contributed by atoms with E-state index in [1.807, 2.05) is 79.9 Å². The highest BCUT2D eigenvalue weighted by Crippen LogP contribution is 2.47. The Kier molecular flexibility index (Phi) is 11.3. The van der Waals surface area contributed by atoms with E-state index in [0.29, 0.717) is 41.3 Å². The highest BCUT2D eigenvalue weighted by atomic mass is 16.3. The first kappa shape index (κ1) is 37.1. The number of hydrogen-bond donors (Lipinski definition) is 6. The van der Waals surface area contributed by atoms with E-state index >= 15 is 0 Å². The molecule has 3 amide bonds. The molecule has 0 radical (unpaired) electrons. The van der Waals surface area contributed by atoms with Gasteiger partial charge in [-0.3, -0.25) is 19.1 Å². The topological polar surface area (TPSA) is 174 Å². The predicted molar refractivity (Wildman–Crippen MR) is 206 cm³/mol. The largest absolute Gasteiger partial charge is 0.395 e. The maximum Gasteiger partial charge on any atom is 0.264 e. The molecule has 3 aliphatic heterocycles. The van der Waals surface area contributed by atoms with Gasteiger partial charge in [0.25, 0.3) is 5.91 Å². The lowest BCUT2D eigenvalue weighted by molar-refractivity contribution is -0.139. The van der Waals surface area contributed by atoms with Crippen LogP contribution in [0.4, 0.5) is 17.1 Å². The first-order chi connectivity index (χ1) is 26.2. The monoisotopic (exact) mass is 732 g/mol. The van der Waals surface area contributed by atoms with E-state index in [2.05, 4.69) is 31.6 Å². The smallest absolute Gasteiger partial charge is 0.264 e. The molecule has 13 nitrogen and oxygen atoms in total. The maximum absolute atomic E-state index is 14.3. The third kappa shape index (κ3) is 7.85. The van der Waals surface area contributed by atoms with Crippen LogP contribution >= 0.6 is 0 Å². The number of carbonyl (C=O) groups excluding carboxylic acids is 3. The van der Waals surface area contributed by atoms with E-state index in [1.165, 1.54) is 0 Å². The number of aryl methyl sites for hydroxylation is 1. The van der Waals surface area contributed by atoms with Crippen molar-refractivity contribution in [2.45, 2.75) is 75.7 Å². The lowest BCUT2D eigenvalue weighted by atomic mass is 9.82. The summed E-state index contributed by atoms with van der Waals surface area (Å²) >= 11 is 0. The van der Waals surface area contributed by atoms with Gasteiger partial charge in [0.05, 0.1) is 42.5 Å². The highest BCUT2D eigenvalue weighted by Gasteiger charge is 2.52. The van der Waals surface area contributed by atoms with Crippen LogP contribution in [0.2, 0.25) is 0 Å². The number of aliphatic hydroxyl groups excluding tert-OH is 1. The quantitative estimate of drug-likeness (QED) is 0.106. The fraction of sp³-hybridized carbons (Fsp3) is 0.390. The molecule has 3 aliphatic rings. The Bertz CT molecular complexity index is 1970. The Morgan fingerprint density at radius 3 is 2.28 bits per heavy atom. The third-order valence-electron chi connectivity index (χ3n) is 10.8. The Morgan fingerprint density at radius 2 is 1.63 bits per heavy atom. The van der Waals surface area contributed by atoms with Gasteiger partial charge in [-0.1, -0.05) is 66.8 Å². The molecule has 282 valence electrons. The standard InChI is InChI=1S/C41H48N8O5/c1-27(9-5-6-22-48-25-36(46-47-48)32(26-50)29-10-3-2-4-11-29)41(54)33-23-31(45-39(52)35-13-8-21-43-35)18-19-37(33)49(40(41)53)24-28-14-16-30(17-15-28)44-38(51)34-12-7-20-42-34/h2-5,9-11,14-19,23,25,27,32,34-35,42-43,50,54H,6-8,12-13,20-22,24,26H2,1H3,(H,44,51)(H,45,52)/b9-5+/t27-,32?,34+,35+,41+/m0/s1. The van der Waals surface area contributed by atoms with Crippen molar-refractivity contribution in [3.63, 3.8) is 0 Å². The molecule has 4 heterocycles. The van der Waals surface area contributed by atoms with Gasteiger partial charge in [-0.05, 0) is 86.7 Å². The fourth-order valence-electron chi connectivity index (χ4n) is 7.62. The van der Waals surface area contributed by atoms with E-state index in [0.717, 1.165) is 49.9 Å². The minimum Gasteiger partial charge on any atom is -0.395 e. The molecular formula is C41H48N8O5. The number of amides is 3. The lowest BCUT2D eigenvalue weighted by Gasteiger charge is -2.28. The summed E-state index contributed by atoms with van der Waals surface area (Å²) in [6, 6.07) is 21.8. The Morgan fingerprint density at radius 1 is 0.963 bits per heavy atom. The SMILES string of the molecule is C[C@@H](/C=C/CCn1cc(C(CO)c2ccccc2)nn1)[C@]1(O)C(=O)N(Cc2ccc(NC(=O)[C@H]3CCCN3)cc2)c2ccc(NC(=O)[C@H]3CCCN3)cc21. The number of nitrogens with one attached hydrogen (secondary N) is 4. The molecule has 1 unspecified atom stereocenters. The molecule has 13 heteroatoms. The number of carbonyl (C=O) groups is 3. The van der Waals surface area contributed by atoms with Gasteiger partial charge in [-0.15, -0.1) is 5.10 Å². The van der Waals surface area contributed by atoms with Gasteiger partial charge in [0.2, 0.25) is 11.8 Å². The van der Waals surface area contributed by atoms with Gasteiger partial charge >= 0.3 is 0 Å². The van der Waals surface area contributed by atoms with E-state index < -0.39 is 17.4 Å². The van der Waals surface area contributed by atoms with Crippen LogP contribution in [0.15, 0.2) is 91.1 Å². The van der Waals surface area contributed by atoms with E-state index in [4.69, 9.17) is 0 Å². The van der Waals surface area contributed by atoms with E-state index in [-0.39, 0.29) is 43.0 Å². The Balaban J connectivity index is 1.07. The zero-order chi connectivity index (χ0) is 37.7. The molecular weight excluding hydrogens is 685 g/mol. The minimum atomic E-state index is -1.90. The number of hydrogen-bond acceptors (Lipinski definition) is 9. The number of anilines is 3. The molecule has 2 fully saturated rings. The Labute approximate surface area is 314 Å². The van der Waals surface area contributed by atoms with Crippen molar-refractivity contribution >= 4 is 34.8 Å². The number of aromatic nitrogens is 3. The number of fused-ring (bicyclic) bond motifs is 1. The summed E-state index contributed by atoms with van der Waals surface area (Å²) in [5.41, 5.74) is 2.73. The first-order valence-corrected chi connectivity index (χ1v) is 18.8. The van der Waals surface area contributed by atoms with Crippen molar-refractivity contribution in [3.05, 3.63) is 114 Å². The van der Waals surface area contributed by atoms with Crippen LogP contribution < -0.4 is 26.2 Å². The van der Waals surface area contributed by atoms with Crippen molar-refractivity contribution in [1.82, 2.24) is 25.6 Å². The van der Waals surface area contributed by atoms with Crippen molar-refractivity contribution in [2.24, 2.45) is 5.92 Å². The van der Waals surface area contributed by atoms with Crippen molar-refractivity contribution in [1.29, 1.82) is 0 Å². The van der Waals surface area contributed by atoms with Gasteiger partial charge in [0.1, 0.15) is 0 Å². The van der Waals surface area contributed by atoms with Gasteiger partial charge in [-0.25, -0.2) is 0 Å². The van der Waals surface area contributed by atoms with Crippen LogP contribution in [0, 0.1) is 5.92 Å². The van der Waals surface area contributed by atoms with E-state index in [9.17, 15) is 24.6 Å². The summed E-state index contributed by atoms with van der Waals surface area (Å²) in [6.45, 7) is 4.06. The van der Waals surface area contributed by atoms with Crippen molar-refractivity contribution < 1.29 is 24.6 Å². The molecule has 5 atom stereocenters. The molecule has 4 aromatic rings. The summed E-state index contributed by atoms with van der Waals surface area (Å²) < 4.78 is 1.72. The van der Waals surface area contributed by atoms with Crippen LogP contribution in [-0.2, 0) is 33.1 Å². The molecule has 3 aromatic carbocycles. The zero-order valence-electron chi connectivity index (χ0n) is 30.4.